The van der Waals surface area contributed by atoms with Crippen molar-refractivity contribution < 1.29 is 24.0 Å². The third-order valence-electron chi connectivity index (χ3n) is 4.48. The molecule has 0 spiro atoms. The number of hydrogen-bond acceptors (Lipinski definition) is 6. The molecular weight excluding hydrogens is 424 g/mol. The number of hydrogen-bond donors (Lipinski definition) is 1. The van der Waals surface area contributed by atoms with Gasteiger partial charge in [-0.15, -0.1) is 0 Å². The van der Waals surface area contributed by atoms with E-state index in [1.807, 2.05) is 25.1 Å². The molecule has 33 heavy (non-hydrogen) atoms. The standard InChI is InChI=1S/C25H22N2O6/c1-2-32-24-16-18(12-14-22(28)20-10-6-7-11-21(20)27(30)31)13-15-23(24)33-17-25(29)26-19-8-4-3-5-9-19/h3-16H,2,17H2,1H3,(H,26,29)/b14-12+. The highest BCUT2D eigenvalue weighted by molar-refractivity contribution is 6.09. The van der Waals surface area contributed by atoms with Crippen LogP contribution in [0.25, 0.3) is 6.08 Å². The molecule has 0 saturated carbocycles. The highest BCUT2D eigenvalue weighted by Gasteiger charge is 2.17. The number of nitrogens with one attached hydrogen (secondary N) is 1. The van der Waals surface area contributed by atoms with E-state index in [9.17, 15) is 19.7 Å². The molecule has 3 aromatic rings. The predicted octanol–water partition coefficient (Wildman–Crippen LogP) is 4.91. The summed E-state index contributed by atoms with van der Waals surface area (Å²) in [6.45, 7) is 1.97. The Labute approximate surface area is 190 Å². The van der Waals surface area contributed by atoms with Crippen LogP contribution in [0.3, 0.4) is 0 Å². The maximum atomic E-state index is 12.5. The minimum atomic E-state index is -0.589. The lowest BCUT2D eigenvalue weighted by molar-refractivity contribution is -0.385. The van der Waals surface area contributed by atoms with Gasteiger partial charge in [-0.3, -0.25) is 19.7 Å². The molecular formula is C25H22N2O6. The molecule has 168 valence electrons. The first-order valence-corrected chi connectivity index (χ1v) is 10.2. The second-order valence-electron chi connectivity index (χ2n) is 6.81. The lowest BCUT2D eigenvalue weighted by Crippen LogP contribution is -2.20. The number of rotatable bonds is 10. The molecule has 0 unspecified atom stereocenters. The number of amides is 1. The van der Waals surface area contributed by atoms with Gasteiger partial charge in [-0.2, -0.15) is 0 Å². The van der Waals surface area contributed by atoms with Crippen molar-refractivity contribution in [2.45, 2.75) is 6.92 Å². The maximum Gasteiger partial charge on any atom is 0.280 e. The minimum Gasteiger partial charge on any atom is -0.490 e. The van der Waals surface area contributed by atoms with E-state index in [0.29, 0.717) is 29.4 Å². The van der Waals surface area contributed by atoms with Crippen LogP contribution in [0, 0.1) is 10.1 Å². The van der Waals surface area contributed by atoms with Gasteiger partial charge < -0.3 is 14.8 Å². The van der Waals surface area contributed by atoms with Crippen molar-refractivity contribution in [2.24, 2.45) is 0 Å². The summed E-state index contributed by atoms with van der Waals surface area (Å²) in [6.07, 6.45) is 2.80. The summed E-state index contributed by atoms with van der Waals surface area (Å²) >= 11 is 0. The van der Waals surface area contributed by atoms with Crippen molar-refractivity contribution in [3.8, 4) is 11.5 Å². The van der Waals surface area contributed by atoms with Crippen molar-refractivity contribution in [2.75, 3.05) is 18.5 Å². The number of carbonyl (C=O) groups is 2. The molecule has 1 amide bonds. The Kier molecular flexibility index (Phi) is 7.91. The number of ether oxygens (including phenoxy) is 2. The third-order valence-corrected chi connectivity index (χ3v) is 4.48. The number of anilines is 1. The molecule has 0 aliphatic carbocycles. The molecule has 0 aromatic heterocycles. The van der Waals surface area contributed by atoms with Gasteiger partial charge in [0.2, 0.25) is 0 Å². The summed E-state index contributed by atoms with van der Waals surface area (Å²) in [4.78, 5) is 35.1. The van der Waals surface area contributed by atoms with Crippen LogP contribution in [0.1, 0.15) is 22.8 Å². The molecule has 8 heteroatoms. The van der Waals surface area contributed by atoms with E-state index in [0.717, 1.165) is 0 Å². The number of allylic oxidation sites excluding steroid dienone is 1. The number of para-hydroxylation sites is 2. The van der Waals surface area contributed by atoms with E-state index < -0.39 is 10.7 Å². The number of ketones is 1. The second kappa shape index (κ2) is 11.2. The number of nitrogens with zero attached hydrogens (tertiary/aromatic N) is 1. The first-order chi connectivity index (χ1) is 16.0. The monoisotopic (exact) mass is 446 g/mol. The average Bonchev–Trinajstić information content (AvgIpc) is 2.82. The van der Waals surface area contributed by atoms with Crippen molar-refractivity contribution >= 4 is 29.1 Å². The molecule has 0 atom stereocenters. The summed E-state index contributed by atoms with van der Waals surface area (Å²) in [6, 6.07) is 19.8. The average molecular weight is 446 g/mol. The van der Waals surface area contributed by atoms with Crippen molar-refractivity contribution in [1.29, 1.82) is 0 Å². The van der Waals surface area contributed by atoms with Crippen LogP contribution in [0.2, 0.25) is 0 Å². The molecule has 0 saturated heterocycles. The van der Waals surface area contributed by atoms with Crippen LogP contribution in [-0.2, 0) is 4.79 Å². The molecule has 0 aliphatic heterocycles. The van der Waals surface area contributed by atoms with Gasteiger partial charge in [0, 0.05) is 11.8 Å². The van der Waals surface area contributed by atoms with Gasteiger partial charge in [-0.1, -0.05) is 42.5 Å². The first-order valence-electron chi connectivity index (χ1n) is 10.2. The Bertz CT molecular complexity index is 1170. The van der Waals surface area contributed by atoms with E-state index in [4.69, 9.17) is 9.47 Å². The molecule has 3 aromatic carbocycles. The Balaban J connectivity index is 1.69. The Morgan fingerprint density at radius 3 is 2.42 bits per heavy atom. The van der Waals surface area contributed by atoms with Gasteiger partial charge in [-0.05, 0) is 48.9 Å². The topological polar surface area (TPSA) is 108 Å². The molecule has 3 rings (SSSR count). The second-order valence-corrected chi connectivity index (χ2v) is 6.81. The van der Waals surface area contributed by atoms with E-state index in [1.54, 1.807) is 36.4 Å². The summed E-state index contributed by atoms with van der Waals surface area (Å²) < 4.78 is 11.2. The number of nitro groups is 1. The van der Waals surface area contributed by atoms with Crippen LogP contribution in [0.4, 0.5) is 11.4 Å². The molecule has 8 nitrogen and oxygen atoms in total. The highest BCUT2D eigenvalue weighted by atomic mass is 16.6. The fourth-order valence-electron chi connectivity index (χ4n) is 2.98. The first kappa shape index (κ1) is 23.2. The highest BCUT2D eigenvalue weighted by Crippen LogP contribution is 2.29. The predicted molar refractivity (Wildman–Crippen MR) is 125 cm³/mol. The molecule has 0 aliphatic rings. The Morgan fingerprint density at radius 2 is 1.70 bits per heavy atom. The van der Waals surface area contributed by atoms with Crippen molar-refractivity contribution in [3.05, 3.63) is 100 Å². The van der Waals surface area contributed by atoms with E-state index >= 15 is 0 Å². The summed E-state index contributed by atoms with van der Waals surface area (Å²) in [5, 5.41) is 13.9. The summed E-state index contributed by atoms with van der Waals surface area (Å²) in [5.74, 6) is -0.0200. The van der Waals surface area contributed by atoms with E-state index in [2.05, 4.69) is 5.32 Å². The largest absolute Gasteiger partial charge is 0.490 e. The molecule has 0 fully saturated rings. The Hall–Kier alpha value is -4.46. The molecule has 1 N–H and O–H groups in total. The smallest absolute Gasteiger partial charge is 0.280 e. The number of nitro benzene ring substituents is 1. The van der Waals surface area contributed by atoms with Gasteiger partial charge in [0.15, 0.2) is 23.9 Å². The zero-order valence-electron chi connectivity index (χ0n) is 17.9. The lowest BCUT2D eigenvalue weighted by Gasteiger charge is -2.12. The molecule has 0 bridgehead atoms. The fourth-order valence-corrected chi connectivity index (χ4v) is 2.98. The van der Waals surface area contributed by atoms with Crippen LogP contribution in [0.15, 0.2) is 78.9 Å². The van der Waals surface area contributed by atoms with Crippen LogP contribution in [0.5, 0.6) is 11.5 Å². The Morgan fingerprint density at radius 1 is 0.970 bits per heavy atom. The molecule has 0 radical (unpaired) electrons. The van der Waals surface area contributed by atoms with Crippen LogP contribution >= 0.6 is 0 Å². The van der Waals surface area contributed by atoms with Crippen molar-refractivity contribution in [1.82, 2.24) is 0 Å². The quantitative estimate of drug-likeness (QED) is 0.205. The third kappa shape index (κ3) is 6.51. The lowest BCUT2D eigenvalue weighted by atomic mass is 10.1. The number of carbonyl (C=O) groups excluding carboxylic acids is 2. The minimum absolute atomic E-state index is 0.00756. The van der Waals surface area contributed by atoms with Crippen LogP contribution < -0.4 is 14.8 Å². The van der Waals surface area contributed by atoms with Gasteiger partial charge in [-0.25, -0.2) is 0 Å². The zero-order chi connectivity index (χ0) is 23.6. The van der Waals surface area contributed by atoms with Gasteiger partial charge in [0.05, 0.1) is 17.1 Å². The van der Waals surface area contributed by atoms with E-state index in [-0.39, 0.29) is 23.8 Å². The van der Waals surface area contributed by atoms with Gasteiger partial charge in [0.1, 0.15) is 0 Å². The fraction of sp³-hybridized carbons (Fsp3) is 0.120. The zero-order valence-corrected chi connectivity index (χ0v) is 17.9. The molecule has 0 heterocycles. The summed E-state index contributed by atoms with van der Waals surface area (Å²) in [5.41, 5.74) is 1.05. The SMILES string of the molecule is CCOc1cc(/C=C/C(=O)c2ccccc2[N+](=O)[O-])ccc1OCC(=O)Nc1ccccc1. The maximum absolute atomic E-state index is 12.5. The van der Waals surface area contributed by atoms with Gasteiger partial charge in [0.25, 0.3) is 11.6 Å². The number of benzene rings is 3. The summed E-state index contributed by atoms with van der Waals surface area (Å²) in [7, 11) is 0. The van der Waals surface area contributed by atoms with E-state index in [1.165, 1.54) is 30.4 Å². The van der Waals surface area contributed by atoms with Crippen molar-refractivity contribution in [3.63, 3.8) is 0 Å². The van der Waals surface area contributed by atoms with Gasteiger partial charge >= 0.3 is 0 Å². The normalized spacial score (nSPS) is 10.6. The van der Waals surface area contributed by atoms with Crippen LogP contribution in [-0.4, -0.2) is 29.8 Å².